The molecule has 2 heterocycles. The zero-order chi connectivity index (χ0) is 23.0. The molecule has 172 valence electrons. The Balaban J connectivity index is 1.58. The van der Waals surface area contributed by atoms with Gasteiger partial charge in [-0.25, -0.2) is 0 Å². The molecule has 1 aromatic carbocycles. The van der Waals surface area contributed by atoms with Gasteiger partial charge in [-0.3, -0.25) is 9.71 Å². The van der Waals surface area contributed by atoms with E-state index >= 15 is 0 Å². The Kier molecular flexibility index (Phi) is 6.74. The zero-order valence-electron chi connectivity index (χ0n) is 19.3. The molecule has 0 aliphatic heterocycles. The van der Waals surface area contributed by atoms with Crippen molar-refractivity contribution in [3.05, 3.63) is 75.7 Å². The summed E-state index contributed by atoms with van der Waals surface area (Å²) in [5.74, 6) is 0. The second-order valence-corrected chi connectivity index (χ2v) is 12.4. The van der Waals surface area contributed by atoms with Gasteiger partial charge in [-0.05, 0) is 85.4 Å². The molecule has 0 spiro atoms. The van der Waals surface area contributed by atoms with E-state index in [1.807, 2.05) is 61.0 Å². The van der Waals surface area contributed by atoms with E-state index in [4.69, 9.17) is 0 Å². The first kappa shape index (κ1) is 23.2. The molecule has 1 unspecified atom stereocenters. The fourth-order valence-electron chi connectivity index (χ4n) is 4.15. The molecule has 1 fully saturated rings. The van der Waals surface area contributed by atoms with Gasteiger partial charge in [0.2, 0.25) is 0 Å². The van der Waals surface area contributed by atoms with E-state index in [0.29, 0.717) is 0 Å². The lowest BCUT2D eigenvalue weighted by Crippen LogP contribution is -2.17. The molecule has 0 radical (unpaired) electrons. The minimum Gasteiger partial charge on any atom is -0.386 e. The highest BCUT2D eigenvalue weighted by molar-refractivity contribution is 8.02. The first-order chi connectivity index (χ1) is 15.9. The van der Waals surface area contributed by atoms with E-state index in [2.05, 4.69) is 52.4 Å². The molecular weight excluding hydrogens is 465 g/mol. The van der Waals surface area contributed by atoms with Gasteiger partial charge in [0.05, 0.1) is 17.3 Å². The maximum atomic E-state index is 10.5. The number of benzene rings is 1. The summed E-state index contributed by atoms with van der Waals surface area (Å²) in [4.78, 5) is 7.50. The lowest BCUT2D eigenvalue weighted by molar-refractivity contribution is 0.0785. The fourth-order valence-corrected chi connectivity index (χ4v) is 7.17. The van der Waals surface area contributed by atoms with Gasteiger partial charge in [0, 0.05) is 26.6 Å². The second kappa shape index (κ2) is 9.59. The Morgan fingerprint density at radius 1 is 1.21 bits per heavy atom. The molecule has 0 amide bonds. The molecule has 5 rings (SSSR count). The number of hydrogen-bond donors (Lipinski definition) is 2. The Morgan fingerprint density at radius 2 is 2.06 bits per heavy atom. The van der Waals surface area contributed by atoms with Gasteiger partial charge in [-0.15, -0.1) is 23.1 Å². The number of hydrogen-bond acceptors (Lipinski definition) is 6. The van der Waals surface area contributed by atoms with Crippen LogP contribution in [0.2, 0.25) is 0 Å². The number of thioether (sulfide) groups is 1. The molecule has 1 saturated carbocycles. The zero-order valence-corrected chi connectivity index (χ0v) is 21.7. The summed E-state index contributed by atoms with van der Waals surface area (Å²) in [6.07, 6.45) is 13.5. The minimum absolute atomic E-state index is 0.190. The molecule has 2 aliphatic rings. The van der Waals surface area contributed by atoms with Crippen LogP contribution in [0.5, 0.6) is 0 Å². The van der Waals surface area contributed by atoms with Crippen LogP contribution in [0, 0.1) is 0 Å². The SMILES string of the molecule is CSC1=C(C(NSC2CC2)c2cc3cccc(-c4cc(C(C)(C)O)ccn4)c3s2)C=CCC1. The molecule has 0 bridgehead atoms. The lowest BCUT2D eigenvalue weighted by atomic mass is 9.97. The first-order valence-corrected chi connectivity index (χ1v) is 14.4. The number of pyridine rings is 1. The standard InChI is InChI=1S/C27H30N2OS3/c1-27(2,30)18-13-14-28-22(16-18)20-9-6-7-17-15-24(32-26(17)20)25(29-33-19-11-12-19)21-8-4-5-10-23(21)31-3/h4,6-9,13-16,19,25,29-30H,5,10-12H2,1-3H3. The van der Waals surface area contributed by atoms with Crippen LogP contribution in [0.4, 0.5) is 0 Å². The Labute approximate surface area is 208 Å². The highest BCUT2D eigenvalue weighted by atomic mass is 32.2. The maximum Gasteiger partial charge on any atom is 0.0841 e. The van der Waals surface area contributed by atoms with E-state index in [1.54, 1.807) is 6.20 Å². The number of allylic oxidation sites excluding steroid dienone is 2. The van der Waals surface area contributed by atoms with E-state index in [1.165, 1.54) is 38.3 Å². The summed E-state index contributed by atoms with van der Waals surface area (Å²) < 4.78 is 5.09. The molecule has 3 aromatic rings. The highest BCUT2D eigenvalue weighted by Gasteiger charge is 2.28. The van der Waals surface area contributed by atoms with Crippen molar-refractivity contribution in [1.82, 2.24) is 9.71 Å². The monoisotopic (exact) mass is 494 g/mol. The van der Waals surface area contributed by atoms with Crippen molar-refractivity contribution in [2.45, 2.75) is 56.4 Å². The van der Waals surface area contributed by atoms with Crippen LogP contribution in [0.3, 0.4) is 0 Å². The van der Waals surface area contributed by atoms with Crippen molar-refractivity contribution in [3.8, 4) is 11.3 Å². The summed E-state index contributed by atoms with van der Waals surface area (Å²) in [6, 6.07) is 12.9. The van der Waals surface area contributed by atoms with Gasteiger partial charge in [-0.1, -0.05) is 42.3 Å². The average molecular weight is 495 g/mol. The summed E-state index contributed by atoms with van der Waals surface area (Å²) in [5.41, 5.74) is 3.43. The molecule has 2 aromatic heterocycles. The van der Waals surface area contributed by atoms with E-state index in [-0.39, 0.29) is 6.04 Å². The molecule has 0 saturated heterocycles. The third-order valence-electron chi connectivity index (χ3n) is 6.18. The van der Waals surface area contributed by atoms with E-state index in [0.717, 1.165) is 34.9 Å². The Bertz CT molecular complexity index is 1220. The summed E-state index contributed by atoms with van der Waals surface area (Å²) in [7, 11) is 0. The number of aromatic nitrogens is 1. The highest BCUT2D eigenvalue weighted by Crippen LogP contribution is 2.44. The Hall–Kier alpha value is -1.57. The summed E-state index contributed by atoms with van der Waals surface area (Å²) in [5, 5.41) is 12.5. The van der Waals surface area contributed by atoms with Gasteiger partial charge in [-0.2, -0.15) is 0 Å². The van der Waals surface area contributed by atoms with E-state index < -0.39 is 5.60 Å². The number of nitrogens with zero attached hydrogens (tertiary/aromatic N) is 1. The van der Waals surface area contributed by atoms with Crippen LogP contribution >= 0.6 is 35.0 Å². The number of rotatable bonds is 8. The first-order valence-electron chi connectivity index (χ1n) is 11.5. The van der Waals surface area contributed by atoms with Gasteiger partial charge in [0.15, 0.2) is 0 Å². The molecule has 6 heteroatoms. The summed E-state index contributed by atoms with van der Waals surface area (Å²) in [6.45, 7) is 3.64. The molecule has 1 atom stereocenters. The van der Waals surface area contributed by atoms with Crippen LogP contribution in [-0.4, -0.2) is 21.6 Å². The smallest absolute Gasteiger partial charge is 0.0841 e. The van der Waals surface area contributed by atoms with Crippen molar-refractivity contribution in [1.29, 1.82) is 0 Å². The third kappa shape index (κ3) is 5.10. The summed E-state index contributed by atoms with van der Waals surface area (Å²) >= 11 is 5.66. The molecule has 3 nitrogen and oxygen atoms in total. The van der Waals surface area contributed by atoms with Crippen molar-refractivity contribution in [3.63, 3.8) is 0 Å². The van der Waals surface area contributed by atoms with Crippen LogP contribution in [-0.2, 0) is 5.60 Å². The largest absolute Gasteiger partial charge is 0.386 e. The fraction of sp³-hybridized carbons (Fsp3) is 0.370. The predicted octanol–water partition coefficient (Wildman–Crippen LogP) is 7.60. The third-order valence-corrected chi connectivity index (χ3v) is 9.54. The van der Waals surface area contributed by atoms with Crippen LogP contribution in [0.25, 0.3) is 21.3 Å². The van der Waals surface area contributed by atoms with Crippen LogP contribution in [0.15, 0.2) is 65.2 Å². The van der Waals surface area contributed by atoms with Crippen LogP contribution in [0.1, 0.15) is 56.0 Å². The number of fused-ring (bicyclic) bond motifs is 1. The van der Waals surface area contributed by atoms with Gasteiger partial charge in [0.25, 0.3) is 0 Å². The van der Waals surface area contributed by atoms with Gasteiger partial charge in [0.1, 0.15) is 0 Å². The number of nitrogens with one attached hydrogen (secondary N) is 1. The Morgan fingerprint density at radius 3 is 2.82 bits per heavy atom. The lowest BCUT2D eigenvalue weighted by Gasteiger charge is -2.23. The molecular formula is C27H30N2OS3. The quantitative estimate of drug-likeness (QED) is 0.316. The number of thiophene rings is 1. The number of aliphatic hydroxyl groups is 1. The van der Waals surface area contributed by atoms with E-state index in [9.17, 15) is 5.11 Å². The normalized spacial score (nSPS) is 17.7. The molecule has 2 N–H and O–H groups in total. The molecule has 2 aliphatic carbocycles. The predicted molar refractivity (Wildman–Crippen MR) is 146 cm³/mol. The average Bonchev–Trinajstić information content (AvgIpc) is 3.55. The maximum absolute atomic E-state index is 10.5. The van der Waals surface area contributed by atoms with Crippen molar-refractivity contribution < 1.29 is 5.11 Å². The minimum atomic E-state index is -0.894. The van der Waals surface area contributed by atoms with Crippen molar-refractivity contribution in [2.24, 2.45) is 0 Å². The topological polar surface area (TPSA) is 45.1 Å². The van der Waals surface area contributed by atoms with Gasteiger partial charge < -0.3 is 5.11 Å². The van der Waals surface area contributed by atoms with Crippen LogP contribution < -0.4 is 4.72 Å². The van der Waals surface area contributed by atoms with Gasteiger partial charge >= 0.3 is 0 Å². The molecule has 33 heavy (non-hydrogen) atoms. The van der Waals surface area contributed by atoms with Crippen molar-refractivity contribution in [2.75, 3.05) is 6.26 Å². The van der Waals surface area contributed by atoms with Crippen molar-refractivity contribution >= 4 is 45.1 Å². The second-order valence-electron chi connectivity index (χ2n) is 9.25.